The zero-order valence-electron chi connectivity index (χ0n) is 14.4. The van der Waals surface area contributed by atoms with Crippen LogP contribution in [-0.4, -0.2) is 52.3 Å². The second-order valence-corrected chi connectivity index (χ2v) is 6.60. The van der Waals surface area contributed by atoms with Crippen LogP contribution in [-0.2, 0) is 11.2 Å². The molecule has 9 heteroatoms. The largest absolute Gasteiger partial charge is 0.481 e. The average Bonchev–Trinajstić information content (AvgIpc) is 3.02. The first-order valence-electron chi connectivity index (χ1n) is 8.42. The smallest absolute Gasteiger partial charge is 0.394 e. The number of carbonyl (C=O) groups excluding carboxylic acids is 1. The van der Waals surface area contributed by atoms with Crippen molar-refractivity contribution in [1.29, 1.82) is 0 Å². The van der Waals surface area contributed by atoms with Crippen LogP contribution in [0.2, 0.25) is 0 Å². The number of carbonyl (C=O) groups is 2. The summed E-state index contributed by atoms with van der Waals surface area (Å²) >= 11 is 0. The molecule has 2 rings (SSSR count). The van der Waals surface area contributed by atoms with E-state index in [2.05, 4.69) is 10.3 Å². The lowest BCUT2D eigenvalue weighted by molar-refractivity contribution is -0.187. The van der Waals surface area contributed by atoms with Gasteiger partial charge in [-0.05, 0) is 37.8 Å². The molecule has 1 aliphatic rings. The number of aryl methyl sites for hydroxylation is 1. The topological polar surface area (TPSA) is 82.5 Å². The van der Waals surface area contributed by atoms with Crippen molar-refractivity contribution in [2.45, 2.75) is 38.4 Å². The molecule has 3 atom stereocenters. The number of amides is 2. The van der Waals surface area contributed by atoms with E-state index in [0.717, 1.165) is 23.3 Å². The molecular weight excluding hydrogens is 351 g/mol. The lowest BCUT2D eigenvalue weighted by Crippen LogP contribution is -2.43. The van der Waals surface area contributed by atoms with Crippen LogP contribution in [0.5, 0.6) is 0 Å². The number of carboxylic acid groups (broad SMARTS) is 1. The van der Waals surface area contributed by atoms with Crippen molar-refractivity contribution in [3.63, 3.8) is 0 Å². The Kier molecular flexibility index (Phi) is 6.44. The minimum Gasteiger partial charge on any atom is -0.481 e. The molecule has 2 N–H and O–H groups in total. The maximum absolute atomic E-state index is 13.0. The van der Waals surface area contributed by atoms with Crippen molar-refractivity contribution >= 4 is 12.0 Å². The number of hydrogen-bond acceptors (Lipinski definition) is 3. The predicted molar refractivity (Wildman–Crippen MR) is 87.4 cm³/mol. The number of nitrogens with one attached hydrogen (secondary N) is 1. The van der Waals surface area contributed by atoms with Gasteiger partial charge in [-0.3, -0.25) is 9.78 Å². The summed E-state index contributed by atoms with van der Waals surface area (Å²) in [5, 5.41) is 11.6. The van der Waals surface area contributed by atoms with Gasteiger partial charge in [0, 0.05) is 31.5 Å². The highest BCUT2D eigenvalue weighted by molar-refractivity contribution is 5.78. The standard InChI is InChI=1S/C17H22F3N3O3/c1-11(4-2-5-12-6-3-7-21-8-12)22-16(26)23-9-13(15(24)25)14(10-23)17(18,19)20/h3,6-8,11,13-14H,2,4-5,9-10H2,1H3,(H,22,26)(H,24,25)/t11?,13-,14-/m1/s1. The number of urea groups is 1. The SMILES string of the molecule is CC(CCCc1cccnc1)NC(=O)N1C[C@@H](C(F)(F)F)[C@H](C(=O)O)C1. The number of rotatable bonds is 6. The Morgan fingerprint density at radius 3 is 2.69 bits per heavy atom. The Labute approximate surface area is 149 Å². The second kappa shape index (κ2) is 8.37. The summed E-state index contributed by atoms with van der Waals surface area (Å²) in [4.78, 5) is 28.2. The monoisotopic (exact) mass is 373 g/mol. The quantitative estimate of drug-likeness (QED) is 0.803. The predicted octanol–water partition coefficient (Wildman–Crippen LogP) is 2.70. The van der Waals surface area contributed by atoms with Gasteiger partial charge in [0.2, 0.25) is 0 Å². The van der Waals surface area contributed by atoms with Crippen LogP contribution in [0.25, 0.3) is 0 Å². The molecule has 0 radical (unpaired) electrons. The summed E-state index contributed by atoms with van der Waals surface area (Å²) in [6.07, 6.45) is 1.02. The minimum atomic E-state index is -4.65. The number of alkyl halides is 3. The highest BCUT2D eigenvalue weighted by atomic mass is 19.4. The fourth-order valence-electron chi connectivity index (χ4n) is 3.08. The molecule has 0 spiro atoms. The summed E-state index contributed by atoms with van der Waals surface area (Å²) in [7, 11) is 0. The molecule has 1 aromatic heterocycles. The van der Waals surface area contributed by atoms with Gasteiger partial charge in [0.1, 0.15) is 0 Å². The summed E-state index contributed by atoms with van der Waals surface area (Å²) in [5.74, 6) is -5.19. The van der Waals surface area contributed by atoms with Crippen molar-refractivity contribution in [1.82, 2.24) is 15.2 Å². The van der Waals surface area contributed by atoms with Gasteiger partial charge in [-0.2, -0.15) is 13.2 Å². The van der Waals surface area contributed by atoms with Gasteiger partial charge in [0.15, 0.2) is 0 Å². The van der Waals surface area contributed by atoms with Crippen LogP contribution in [0.3, 0.4) is 0 Å². The zero-order chi connectivity index (χ0) is 19.3. The van der Waals surface area contributed by atoms with E-state index in [1.165, 1.54) is 0 Å². The second-order valence-electron chi connectivity index (χ2n) is 6.60. The van der Waals surface area contributed by atoms with Crippen molar-refractivity contribution in [3.8, 4) is 0 Å². The number of aromatic nitrogens is 1. The van der Waals surface area contributed by atoms with Crippen molar-refractivity contribution in [2.24, 2.45) is 11.8 Å². The van der Waals surface area contributed by atoms with Crippen molar-refractivity contribution in [3.05, 3.63) is 30.1 Å². The number of pyridine rings is 1. The fraction of sp³-hybridized carbons (Fsp3) is 0.588. The van der Waals surface area contributed by atoms with Crippen LogP contribution in [0.4, 0.5) is 18.0 Å². The fourth-order valence-corrected chi connectivity index (χ4v) is 3.08. The Bertz CT molecular complexity index is 625. The summed E-state index contributed by atoms with van der Waals surface area (Å²) in [6.45, 7) is 0.704. The maximum Gasteiger partial charge on any atom is 0.394 e. The first kappa shape index (κ1) is 20.0. The highest BCUT2D eigenvalue weighted by Gasteiger charge is 2.53. The molecule has 1 unspecified atom stereocenters. The Balaban J connectivity index is 1.82. The number of halogens is 3. The van der Waals surface area contributed by atoms with E-state index in [0.29, 0.717) is 6.42 Å². The van der Waals surface area contributed by atoms with Gasteiger partial charge in [-0.25, -0.2) is 4.79 Å². The van der Waals surface area contributed by atoms with E-state index in [9.17, 15) is 22.8 Å². The summed E-state index contributed by atoms with van der Waals surface area (Å²) in [5.41, 5.74) is 1.07. The Morgan fingerprint density at radius 2 is 2.15 bits per heavy atom. The lowest BCUT2D eigenvalue weighted by Gasteiger charge is -2.21. The number of hydrogen-bond donors (Lipinski definition) is 2. The average molecular weight is 373 g/mol. The number of aliphatic carboxylic acids is 1. The van der Waals surface area contributed by atoms with E-state index in [1.807, 2.05) is 12.1 Å². The molecule has 6 nitrogen and oxygen atoms in total. The van der Waals surface area contributed by atoms with Gasteiger partial charge in [0.05, 0.1) is 11.8 Å². The molecule has 1 fully saturated rings. The van der Waals surface area contributed by atoms with Crippen LogP contribution >= 0.6 is 0 Å². The van der Waals surface area contributed by atoms with Crippen LogP contribution in [0.1, 0.15) is 25.3 Å². The van der Waals surface area contributed by atoms with E-state index < -0.39 is 43.1 Å². The Morgan fingerprint density at radius 1 is 1.42 bits per heavy atom. The molecule has 1 saturated heterocycles. The zero-order valence-corrected chi connectivity index (χ0v) is 14.4. The maximum atomic E-state index is 13.0. The normalized spacial score (nSPS) is 21.5. The van der Waals surface area contributed by atoms with E-state index >= 15 is 0 Å². The molecular formula is C17H22F3N3O3. The van der Waals surface area contributed by atoms with Crippen LogP contribution in [0.15, 0.2) is 24.5 Å². The highest BCUT2D eigenvalue weighted by Crippen LogP contribution is 2.37. The first-order chi connectivity index (χ1) is 12.2. The first-order valence-corrected chi connectivity index (χ1v) is 8.42. The number of likely N-dealkylation sites (tertiary alicyclic amines) is 1. The minimum absolute atomic E-state index is 0.229. The van der Waals surface area contributed by atoms with Gasteiger partial charge in [0.25, 0.3) is 0 Å². The lowest BCUT2D eigenvalue weighted by atomic mass is 9.96. The third-order valence-electron chi connectivity index (χ3n) is 4.54. The van der Waals surface area contributed by atoms with E-state index in [-0.39, 0.29) is 6.04 Å². The van der Waals surface area contributed by atoms with Gasteiger partial charge in [-0.15, -0.1) is 0 Å². The van der Waals surface area contributed by atoms with Gasteiger partial charge >= 0.3 is 18.2 Å². The van der Waals surface area contributed by atoms with Crippen molar-refractivity contribution < 1.29 is 27.9 Å². The molecule has 0 aliphatic carbocycles. The molecule has 144 valence electrons. The third kappa shape index (κ3) is 5.34. The molecule has 26 heavy (non-hydrogen) atoms. The molecule has 0 aromatic carbocycles. The number of carboxylic acids is 1. The van der Waals surface area contributed by atoms with Crippen LogP contribution in [0, 0.1) is 11.8 Å². The van der Waals surface area contributed by atoms with Crippen molar-refractivity contribution in [2.75, 3.05) is 13.1 Å². The molecule has 0 bridgehead atoms. The van der Waals surface area contributed by atoms with Gasteiger partial charge in [-0.1, -0.05) is 6.07 Å². The number of nitrogens with zero attached hydrogens (tertiary/aromatic N) is 2. The molecule has 2 amide bonds. The molecule has 1 aromatic rings. The Hall–Kier alpha value is -2.32. The van der Waals surface area contributed by atoms with Crippen LogP contribution < -0.4 is 5.32 Å². The summed E-state index contributed by atoms with van der Waals surface area (Å²) < 4.78 is 38.9. The van der Waals surface area contributed by atoms with E-state index in [1.54, 1.807) is 19.3 Å². The molecule has 0 saturated carbocycles. The van der Waals surface area contributed by atoms with Gasteiger partial charge < -0.3 is 15.3 Å². The summed E-state index contributed by atoms with van der Waals surface area (Å²) in [6, 6.07) is 2.90. The molecule has 1 aliphatic heterocycles. The van der Waals surface area contributed by atoms with E-state index in [4.69, 9.17) is 5.11 Å². The third-order valence-corrected chi connectivity index (χ3v) is 4.54. The molecule has 2 heterocycles.